The standard InChI is InChI=1S/C21H26N6O2S/c1-21-10-14(8-16(23-21)18(11-21)29-3)26(2)20-25-24-19(30-20)15-5-4-13(9-17(15)28)27-7-6-22-12-27/h4-7,9,12,14,16,18,23,28H,8,10-11H2,1-3H3/t14-,16?,18-,21-/m1/s1. The van der Waals surface area contributed by atoms with Crippen LogP contribution in [0.5, 0.6) is 5.75 Å². The van der Waals surface area contributed by atoms with Crippen LogP contribution in [0.15, 0.2) is 36.9 Å². The number of imidazole rings is 1. The van der Waals surface area contributed by atoms with Crippen molar-refractivity contribution in [1.82, 2.24) is 25.1 Å². The van der Waals surface area contributed by atoms with Gasteiger partial charge in [0, 0.05) is 50.2 Å². The van der Waals surface area contributed by atoms with Crippen molar-refractivity contribution in [3.8, 4) is 22.0 Å². The second kappa shape index (κ2) is 7.33. The van der Waals surface area contributed by atoms with Crippen LogP contribution < -0.4 is 10.2 Å². The molecular formula is C21H26N6O2S. The van der Waals surface area contributed by atoms with Crippen LogP contribution in [0.1, 0.15) is 26.2 Å². The third-order valence-corrected chi connectivity index (χ3v) is 7.47. The van der Waals surface area contributed by atoms with Crippen LogP contribution in [-0.4, -0.2) is 62.7 Å². The van der Waals surface area contributed by atoms with Gasteiger partial charge in [0.15, 0.2) is 5.01 Å². The van der Waals surface area contributed by atoms with Gasteiger partial charge in [-0.05, 0) is 38.3 Å². The van der Waals surface area contributed by atoms with E-state index in [0.717, 1.165) is 30.1 Å². The molecule has 0 aliphatic carbocycles. The molecule has 1 unspecified atom stereocenters. The molecule has 158 valence electrons. The summed E-state index contributed by atoms with van der Waals surface area (Å²) in [6, 6.07) is 6.28. The monoisotopic (exact) mass is 426 g/mol. The highest BCUT2D eigenvalue weighted by Gasteiger charge is 2.49. The lowest BCUT2D eigenvalue weighted by Crippen LogP contribution is -2.54. The van der Waals surface area contributed by atoms with Crippen molar-refractivity contribution in [3.63, 3.8) is 0 Å². The summed E-state index contributed by atoms with van der Waals surface area (Å²) >= 11 is 1.51. The minimum Gasteiger partial charge on any atom is -0.507 e. The van der Waals surface area contributed by atoms with Crippen LogP contribution in [0.2, 0.25) is 0 Å². The van der Waals surface area contributed by atoms with Gasteiger partial charge in [-0.2, -0.15) is 0 Å². The fourth-order valence-corrected chi connectivity index (χ4v) is 5.79. The highest BCUT2D eigenvalue weighted by Crippen LogP contribution is 2.41. The lowest BCUT2D eigenvalue weighted by atomic mass is 9.89. The number of anilines is 1. The Kier molecular flexibility index (Phi) is 4.76. The van der Waals surface area contributed by atoms with E-state index in [9.17, 15) is 5.11 Å². The number of piperidine rings is 1. The number of nitrogens with one attached hydrogen (secondary N) is 1. The van der Waals surface area contributed by atoms with Gasteiger partial charge in [0.1, 0.15) is 5.75 Å². The van der Waals surface area contributed by atoms with Gasteiger partial charge >= 0.3 is 0 Å². The van der Waals surface area contributed by atoms with E-state index < -0.39 is 0 Å². The summed E-state index contributed by atoms with van der Waals surface area (Å²) in [5.41, 5.74) is 1.63. The number of methoxy groups -OCH3 is 1. The molecule has 2 aromatic heterocycles. The third-order valence-electron chi connectivity index (χ3n) is 6.43. The smallest absolute Gasteiger partial charge is 0.208 e. The van der Waals surface area contributed by atoms with Gasteiger partial charge < -0.3 is 24.6 Å². The van der Waals surface area contributed by atoms with Crippen molar-refractivity contribution < 1.29 is 9.84 Å². The zero-order valence-corrected chi connectivity index (χ0v) is 18.1. The number of ether oxygens (including phenoxy) is 1. The largest absolute Gasteiger partial charge is 0.507 e. The minimum absolute atomic E-state index is 0.0947. The minimum atomic E-state index is 0.0947. The molecule has 4 heterocycles. The predicted octanol–water partition coefficient (Wildman–Crippen LogP) is 2.83. The Morgan fingerprint density at radius 1 is 1.33 bits per heavy atom. The Balaban J connectivity index is 1.36. The Bertz CT molecular complexity index is 1040. The average molecular weight is 427 g/mol. The number of hydrogen-bond acceptors (Lipinski definition) is 8. The Hall–Kier alpha value is -2.49. The summed E-state index contributed by atoms with van der Waals surface area (Å²) in [7, 11) is 3.89. The highest BCUT2D eigenvalue weighted by molar-refractivity contribution is 7.18. The van der Waals surface area contributed by atoms with Crippen molar-refractivity contribution in [2.75, 3.05) is 19.1 Å². The molecule has 2 bridgehead atoms. The first-order valence-electron chi connectivity index (χ1n) is 10.1. The SMILES string of the molecule is CO[C@@H]1C[C@@]2(C)C[C@H](N(C)c3nnc(-c4ccc(-n5ccnc5)cc4O)s3)CC1N2. The lowest BCUT2D eigenvalue weighted by molar-refractivity contribution is 0.0890. The molecule has 0 radical (unpaired) electrons. The summed E-state index contributed by atoms with van der Waals surface area (Å²) in [5.74, 6) is 0.182. The molecule has 0 amide bonds. The van der Waals surface area contributed by atoms with Crippen molar-refractivity contribution in [1.29, 1.82) is 0 Å². The van der Waals surface area contributed by atoms with Crippen LogP contribution in [-0.2, 0) is 4.74 Å². The van der Waals surface area contributed by atoms with E-state index in [1.165, 1.54) is 11.3 Å². The van der Waals surface area contributed by atoms with Gasteiger partial charge in [0.25, 0.3) is 0 Å². The molecule has 9 heteroatoms. The van der Waals surface area contributed by atoms with E-state index in [-0.39, 0.29) is 17.4 Å². The maximum atomic E-state index is 10.6. The second-order valence-corrected chi connectivity index (χ2v) is 9.51. The Morgan fingerprint density at radius 3 is 2.93 bits per heavy atom. The van der Waals surface area contributed by atoms with Gasteiger partial charge in [-0.3, -0.25) is 0 Å². The van der Waals surface area contributed by atoms with E-state index in [0.29, 0.717) is 22.7 Å². The number of nitrogens with zero attached hydrogens (tertiary/aromatic N) is 5. The number of fused-ring (bicyclic) bond motifs is 2. The summed E-state index contributed by atoms with van der Waals surface area (Å²) in [6.45, 7) is 2.28. The van der Waals surface area contributed by atoms with Crippen molar-refractivity contribution >= 4 is 16.5 Å². The second-order valence-electron chi connectivity index (χ2n) is 8.56. The number of phenols is 1. The highest BCUT2D eigenvalue weighted by atomic mass is 32.1. The van der Waals surface area contributed by atoms with E-state index in [1.807, 2.05) is 22.9 Å². The zero-order valence-electron chi connectivity index (χ0n) is 17.3. The fourth-order valence-electron chi connectivity index (χ4n) is 4.87. The molecule has 30 heavy (non-hydrogen) atoms. The molecule has 2 aliphatic rings. The first kappa shape index (κ1) is 19.5. The van der Waals surface area contributed by atoms with Crippen LogP contribution in [0.3, 0.4) is 0 Å². The molecule has 2 fully saturated rings. The van der Waals surface area contributed by atoms with Crippen molar-refractivity contribution in [2.24, 2.45) is 0 Å². The first-order chi connectivity index (χ1) is 14.5. The average Bonchev–Trinajstić information content (AvgIpc) is 3.46. The Morgan fingerprint density at radius 2 is 2.20 bits per heavy atom. The molecule has 2 N–H and O–H groups in total. The number of aromatic hydroxyl groups is 1. The number of hydrogen-bond donors (Lipinski definition) is 2. The molecule has 0 spiro atoms. The lowest BCUT2D eigenvalue weighted by Gasteiger charge is -2.40. The topological polar surface area (TPSA) is 88.3 Å². The van der Waals surface area contributed by atoms with E-state index >= 15 is 0 Å². The van der Waals surface area contributed by atoms with Crippen molar-refractivity contribution in [3.05, 3.63) is 36.9 Å². The molecule has 3 aromatic rings. The predicted molar refractivity (Wildman–Crippen MR) is 116 cm³/mol. The molecule has 8 nitrogen and oxygen atoms in total. The summed E-state index contributed by atoms with van der Waals surface area (Å²) in [4.78, 5) is 6.29. The quantitative estimate of drug-likeness (QED) is 0.649. The molecule has 0 saturated carbocycles. The van der Waals surface area contributed by atoms with Gasteiger partial charge in [-0.15, -0.1) is 10.2 Å². The summed E-state index contributed by atoms with van der Waals surface area (Å²) in [5, 5.41) is 24.7. The normalized spacial score (nSPS) is 28.0. The van der Waals surface area contributed by atoms with E-state index in [1.54, 1.807) is 25.7 Å². The summed E-state index contributed by atoms with van der Waals surface area (Å²) < 4.78 is 7.55. The summed E-state index contributed by atoms with van der Waals surface area (Å²) in [6.07, 6.45) is 8.62. The van der Waals surface area contributed by atoms with Gasteiger partial charge in [0.2, 0.25) is 5.13 Å². The molecule has 4 atom stereocenters. The van der Waals surface area contributed by atoms with Crippen LogP contribution in [0, 0.1) is 0 Å². The Labute approximate surface area is 179 Å². The third kappa shape index (κ3) is 3.36. The number of aromatic nitrogens is 4. The van der Waals surface area contributed by atoms with Gasteiger partial charge in [-0.25, -0.2) is 4.98 Å². The zero-order chi connectivity index (χ0) is 20.9. The number of rotatable bonds is 5. The van der Waals surface area contributed by atoms with Crippen molar-refractivity contribution in [2.45, 2.75) is 49.9 Å². The molecule has 2 saturated heterocycles. The fraction of sp³-hybridized carbons (Fsp3) is 0.476. The van der Waals surface area contributed by atoms with Crippen LogP contribution in [0.4, 0.5) is 5.13 Å². The molecule has 5 rings (SSSR count). The molecule has 1 aromatic carbocycles. The first-order valence-corrected chi connectivity index (χ1v) is 11.0. The number of benzene rings is 1. The maximum absolute atomic E-state index is 10.6. The van der Waals surface area contributed by atoms with Gasteiger partial charge in [0.05, 0.1) is 23.7 Å². The van der Waals surface area contributed by atoms with E-state index in [4.69, 9.17) is 4.74 Å². The van der Waals surface area contributed by atoms with Gasteiger partial charge in [-0.1, -0.05) is 11.3 Å². The molecule has 2 aliphatic heterocycles. The van der Waals surface area contributed by atoms with E-state index in [2.05, 4.69) is 39.4 Å². The van der Waals surface area contributed by atoms with Crippen LogP contribution >= 0.6 is 11.3 Å². The molecular weight excluding hydrogens is 400 g/mol. The number of phenolic OH excluding ortho intramolecular Hbond substituents is 1. The maximum Gasteiger partial charge on any atom is 0.208 e. The van der Waals surface area contributed by atoms with Crippen LogP contribution in [0.25, 0.3) is 16.3 Å².